The third-order valence-corrected chi connectivity index (χ3v) is 4.79. The van der Waals surface area contributed by atoms with E-state index in [1.807, 2.05) is 35.2 Å². The van der Waals surface area contributed by atoms with Crippen molar-refractivity contribution >= 4 is 5.91 Å². The van der Waals surface area contributed by atoms with Crippen molar-refractivity contribution in [2.45, 2.75) is 18.8 Å². The van der Waals surface area contributed by atoms with Gasteiger partial charge in [0.25, 0.3) is 0 Å². The van der Waals surface area contributed by atoms with E-state index in [0.717, 1.165) is 56.2 Å². The summed E-state index contributed by atoms with van der Waals surface area (Å²) in [6.07, 6.45) is 2.08. The maximum absolute atomic E-state index is 12.4. The van der Waals surface area contributed by atoms with Gasteiger partial charge in [-0.2, -0.15) is 5.10 Å². The Morgan fingerprint density at radius 1 is 1.22 bits per heavy atom. The molecule has 2 aliphatic heterocycles. The quantitative estimate of drug-likeness (QED) is 0.898. The summed E-state index contributed by atoms with van der Waals surface area (Å²) in [5.74, 6) is 2.34. The summed E-state index contributed by atoms with van der Waals surface area (Å²) < 4.78 is 0. The number of hydrogen-bond donors (Lipinski definition) is 2. The lowest BCUT2D eigenvalue weighted by atomic mass is 9.94. The van der Waals surface area contributed by atoms with Gasteiger partial charge in [0.05, 0.1) is 5.92 Å². The van der Waals surface area contributed by atoms with Crippen LogP contribution in [0.15, 0.2) is 30.3 Å². The first-order valence-corrected chi connectivity index (χ1v) is 8.28. The van der Waals surface area contributed by atoms with E-state index in [0.29, 0.717) is 0 Å². The van der Waals surface area contributed by atoms with Crippen LogP contribution in [0.3, 0.4) is 0 Å². The fourth-order valence-electron chi connectivity index (χ4n) is 3.30. The van der Waals surface area contributed by atoms with Gasteiger partial charge < -0.3 is 10.2 Å². The van der Waals surface area contributed by atoms with Gasteiger partial charge in [0.1, 0.15) is 5.82 Å². The van der Waals surface area contributed by atoms with Crippen LogP contribution in [0.2, 0.25) is 0 Å². The topological polar surface area (TPSA) is 73.9 Å². The molecule has 6 heteroatoms. The molecule has 4 rings (SSSR count). The molecule has 120 valence electrons. The molecular weight excluding hydrogens is 290 g/mol. The van der Waals surface area contributed by atoms with Crippen molar-refractivity contribution in [1.29, 1.82) is 0 Å². The zero-order chi connectivity index (χ0) is 15.6. The van der Waals surface area contributed by atoms with Crippen molar-refractivity contribution in [1.82, 2.24) is 25.4 Å². The molecule has 0 saturated carbocycles. The number of likely N-dealkylation sites (tertiary alicyclic amines) is 1. The molecule has 1 aromatic heterocycles. The van der Waals surface area contributed by atoms with Crippen LogP contribution >= 0.6 is 0 Å². The van der Waals surface area contributed by atoms with E-state index in [-0.39, 0.29) is 17.7 Å². The first-order chi connectivity index (χ1) is 11.3. The average molecular weight is 311 g/mol. The molecule has 6 nitrogen and oxygen atoms in total. The van der Waals surface area contributed by atoms with E-state index in [1.54, 1.807) is 0 Å². The monoisotopic (exact) mass is 311 g/mol. The van der Waals surface area contributed by atoms with Crippen LogP contribution in [-0.4, -0.2) is 52.2 Å². The summed E-state index contributed by atoms with van der Waals surface area (Å²) >= 11 is 0. The molecule has 1 amide bonds. The molecule has 0 aliphatic carbocycles. The lowest BCUT2D eigenvalue weighted by Crippen LogP contribution is -2.53. The Kier molecular flexibility index (Phi) is 3.83. The SMILES string of the molecule is O=C(C1CNC1)N1CCCC(c2nc(-c3ccccc3)n[nH]2)C1. The minimum atomic E-state index is 0.170. The summed E-state index contributed by atoms with van der Waals surface area (Å²) in [5.41, 5.74) is 1.01. The number of hydrogen-bond acceptors (Lipinski definition) is 4. The highest BCUT2D eigenvalue weighted by molar-refractivity contribution is 5.80. The Hall–Kier alpha value is -2.21. The number of nitrogens with zero attached hydrogens (tertiary/aromatic N) is 3. The Morgan fingerprint density at radius 2 is 2.04 bits per heavy atom. The van der Waals surface area contributed by atoms with Crippen LogP contribution in [0, 0.1) is 5.92 Å². The highest BCUT2D eigenvalue weighted by atomic mass is 16.2. The minimum Gasteiger partial charge on any atom is -0.342 e. The zero-order valence-electron chi connectivity index (χ0n) is 13.0. The number of amides is 1. The number of aromatic amines is 1. The van der Waals surface area contributed by atoms with Crippen LogP contribution in [0.5, 0.6) is 0 Å². The van der Waals surface area contributed by atoms with Crippen LogP contribution in [0.1, 0.15) is 24.6 Å². The standard InChI is InChI=1S/C17H21N5O/c23-17(14-9-18-10-14)22-8-4-7-13(11-22)16-19-15(20-21-16)12-5-2-1-3-6-12/h1-3,5-6,13-14,18H,4,7-11H2,(H,19,20,21). The molecule has 2 saturated heterocycles. The van der Waals surface area contributed by atoms with E-state index < -0.39 is 0 Å². The summed E-state index contributed by atoms with van der Waals surface area (Å²) in [6.45, 7) is 3.26. The molecule has 0 bridgehead atoms. The zero-order valence-corrected chi connectivity index (χ0v) is 13.0. The summed E-state index contributed by atoms with van der Waals surface area (Å²) in [6, 6.07) is 9.97. The first-order valence-electron chi connectivity index (χ1n) is 8.28. The molecule has 0 radical (unpaired) electrons. The molecule has 1 unspecified atom stereocenters. The van der Waals surface area contributed by atoms with Gasteiger partial charge >= 0.3 is 0 Å². The van der Waals surface area contributed by atoms with E-state index >= 15 is 0 Å². The van der Waals surface area contributed by atoms with Crippen molar-refractivity contribution < 1.29 is 4.79 Å². The molecular formula is C17H21N5O. The van der Waals surface area contributed by atoms with Crippen LogP contribution in [-0.2, 0) is 4.79 Å². The Bertz CT molecular complexity index is 679. The predicted octanol–water partition coefficient (Wildman–Crippen LogP) is 1.40. The van der Waals surface area contributed by atoms with Crippen molar-refractivity contribution in [2.75, 3.05) is 26.2 Å². The molecule has 3 heterocycles. The van der Waals surface area contributed by atoms with E-state index in [1.165, 1.54) is 0 Å². The van der Waals surface area contributed by atoms with Crippen molar-refractivity contribution in [3.8, 4) is 11.4 Å². The average Bonchev–Trinajstić information content (AvgIpc) is 3.04. The number of rotatable bonds is 3. The van der Waals surface area contributed by atoms with Crippen molar-refractivity contribution in [3.05, 3.63) is 36.2 Å². The fourth-order valence-corrected chi connectivity index (χ4v) is 3.30. The molecule has 2 N–H and O–H groups in total. The van der Waals surface area contributed by atoms with E-state index in [2.05, 4.69) is 20.5 Å². The number of piperidine rings is 1. The lowest BCUT2D eigenvalue weighted by molar-refractivity contribution is -0.138. The van der Waals surface area contributed by atoms with Gasteiger partial charge in [-0.05, 0) is 12.8 Å². The first kappa shape index (κ1) is 14.4. The number of carbonyl (C=O) groups excluding carboxylic acids is 1. The number of H-pyrrole nitrogens is 1. The third-order valence-electron chi connectivity index (χ3n) is 4.79. The van der Waals surface area contributed by atoms with Crippen molar-refractivity contribution in [2.24, 2.45) is 5.92 Å². The summed E-state index contributed by atoms with van der Waals surface area (Å²) in [5, 5.41) is 10.6. The third kappa shape index (κ3) is 2.86. The van der Waals surface area contributed by atoms with Gasteiger partial charge in [-0.1, -0.05) is 30.3 Å². The Morgan fingerprint density at radius 3 is 2.78 bits per heavy atom. The highest BCUT2D eigenvalue weighted by Gasteiger charge is 2.33. The number of nitrogens with one attached hydrogen (secondary N) is 2. The molecule has 2 aromatic rings. The maximum Gasteiger partial charge on any atom is 0.228 e. The second-order valence-corrected chi connectivity index (χ2v) is 6.39. The second-order valence-electron chi connectivity index (χ2n) is 6.39. The fraction of sp³-hybridized carbons (Fsp3) is 0.471. The number of aromatic nitrogens is 3. The van der Waals surface area contributed by atoms with Gasteiger partial charge in [0.15, 0.2) is 5.82 Å². The van der Waals surface area contributed by atoms with Crippen molar-refractivity contribution in [3.63, 3.8) is 0 Å². The van der Waals surface area contributed by atoms with E-state index in [4.69, 9.17) is 0 Å². The largest absolute Gasteiger partial charge is 0.342 e. The maximum atomic E-state index is 12.4. The van der Waals surface area contributed by atoms with E-state index in [9.17, 15) is 4.79 Å². The Balaban J connectivity index is 1.47. The molecule has 0 spiro atoms. The molecule has 1 atom stereocenters. The van der Waals surface area contributed by atoms with Crippen LogP contribution < -0.4 is 5.32 Å². The highest BCUT2D eigenvalue weighted by Crippen LogP contribution is 2.27. The predicted molar refractivity (Wildman–Crippen MR) is 86.7 cm³/mol. The van der Waals surface area contributed by atoms with Gasteiger partial charge in [-0.15, -0.1) is 0 Å². The van der Waals surface area contributed by atoms with Gasteiger partial charge in [0, 0.05) is 37.7 Å². The molecule has 23 heavy (non-hydrogen) atoms. The lowest BCUT2D eigenvalue weighted by Gasteiger charge is -2.36. The van der Waals surface area contributed by atoms with Gasteiger partial charge in [-0.3, -0.25) is 9.89 Å². The number of carbonyl (C=O) groups is 1. The molecule has 1 aromatic carbocycles. The van der Waals surface area contributed by atoms with Gasteiger partial charge in [-0.25, -0.2) is 4.98 Å². The molecule has 2 fully saturated rings. The van der Waals surface area contributed by atoms with Crippen LogP contribution in [0.4, 0.5) is 0 Å². The Labute approximate surface area is 135 Å². The minimum absolute atomic E-state index is 0.170. The smallest absolute Gasteiger partial charge is 0.228 e. The molecule has 2 aliphatic rings. The summed E-state index contributed by atoms with van der Waals surface area (Å²) in [7, 11) is 0. The number of benzene rings is 1. The van der Waals surface area contributed by atoms with Gasteiger partial charge in [0.2, 0.25) is 5.91 Å². The normalized spacial score (nSPS) is 21.9. The summed E-state index contributed by atoms with van der Waals surface area (Å²) in [4.78, 5) is 19.1. The second kappa shape index (κ2) is 6.12. The van der Waals surface area contributed by atoms with Crippen LogP contribution in [0.25, 0.3) is 11.4 Å².